The zero-order valence-corrected chi connectivity index (χ0v) is 12.1. The first kappa shape index (κ1) is 14.6. The Hall–Kier alpha value is -1.81. The number of nitrogens with one attached hydrogen (secondary N) is 2. The molecule has 0 saturated heterocycles. The van der Waals surface area contributed by atoms with Crippen molar-refractivity contribution in [2.45, 2.75) is 26.7 Å². The Kier molecular flexibility index (Phi) is 4.45. The highest BCUT2D eigenvalue weighted by atomic mass is 16.3. The second-order valence-corrected chi connectivity index (χ2v) is 5.96. The maximum atomic E-state index is 11.8. The second kappa shape index (κ2) is 6.09. The van der Waals surface area contributed by atoms with Crippen molar-refractivity contribution in [2.24, 2.45) is 5.41 Å². The van der Waals surface area contributed by atoms with Crippen LogP contribution < -0.4 is 5.32 Å². The number of benzene rings is 1. The van der Waals surface area contributed by atoms with E-state index in [2.05, 4.69) is 16.4 Å². The number of para-hydroxylation sites is 1. The number of aromatic nitrogens is 1. The summed E-state index contributed by atoms with van der Waals surface area (Å²) in [5.74, 6) is 0.0248. The molecule has 2 aromatic rings. The number of carbonyl (C=O) groups excluding carboxylic acids is 1. The molecule has 1 heterocycles. The smallest absolute Gasteiger partial charge is 0.220 e. The molecule has 4 heteroatoms. The van der Waals surface area contributed by atoms with Crippen molar-refractivity contribution in [3.8, 4) is 0 Å². The zero-order valence-electron chi connectivity index (χ0n) is 12.1. The van der Waals surface area contributed by atoms with Crippen LogP contribution in [-0.4, -0.2) is 29.1 Å². The van der Waals surface area contributed by atoms with Crippen LogP contribution in [0.25, 0.3) is 10.9 Å². The summed E-state index contributed by atoms with van der Waals surface area (Å²) in [7, 11) is 0. The number of aromatic amines is 1. The van der Waals surface area contributed by atoms with E-state index >= 15 is 0 Å². The van der Waals surface area contributed by atoms with Crippen molar-refractivity contribution in [3.63, 3.8) is 0 Å². The van der Waals surface area contributed by atoms with Gasteiger partial charge in [0.05, 0.1) is 0 Å². The van der Waals surface area contributed by atoms with E-state index in [4.69, 9.17) is 5.11 Å². The molecule has 0 radical (unpaired) electrons. The first-order chi connectivity index (χ1) is 9.52. The molecule has 0 fully saturated rings. The van der Waals surface area contributed by atoms with E-state index in [-0.39, 0.29) is 17.9 Å². The molecule has 0 unspecified atom stereocenters. The van der Waals surface area contributed by atoms with Crippen LogP contribution in [-0.2, 0) is 11.2 Å². The molecular weight excluding hydrogens is 252 g/mol. The van der Waals surface area contributed by atoms with Gasteiger partial charge in [-0.25, -0.2) is 0 Å². The number of rotatable bonds is 6. The number of aliphatic hydroxyl groups is 1. The lowest BCUT2D eigenvalue weighted by Gasteiger charge is -2.21. The summed E-state index contributed by atoms with van der Waals surface area (Å²) in [4.78, 5) is 15.0. The molecule has 1 aromatic heterocycles. The molecule has 20 heavy (non-hydrogen) atoms. The Bertz CT molecular complexity index is 587. The third-order valence-electron chi connectivity index (χ3n) is 3.49. The number of amides is 1. The van der Waals surface area contributed by atoms with Gasteiger partial charge in [-0.15, -0.1) is 0 Å². The maximum absolute atomic E-state index is 11.8. The van der Waals surface area contributed by atoms with Crippen molar-refractivity contribution >= 4 is 16.8 Å². The summed E-state index contributed by atoms with van der Waals surface area (Å²) >= 11 is 0. The molecule has 0 aliphatic heterocycles. The van der Waals surface area contributed by atoms with Gasteiger partial charge in [0.1, 0.15) is 0 Å². The monoisotopic (exact) mass is 274 g/mol. The largest absolute Gasteiger partial charge is 0.396 e. The Balaban J connectivity index is 1.87. The number of hydrogen-bond acceptors (Lipinski definition) is 2. The van der Waals surface area contributed by atoms with Crippen LogP contribution in [0, 0.1) is 5.41 Å². The van der Waals surface area contributed by atoms with Gasteiger partial charge in [0.2, 0.25) is 5.91 Å². The molecule has 0 saturated carbocycles. The van der Waals surface area contributed by atoms with E-state index in [0.717, 1.165) is 17.5 Å². The van der Waals surface area contributed by atoms with Gasteiger partial charge in [0, 0.05) is 42.1 Å². The Morgan fingerprint density at radius 2 is 2.10 bits per heavy atom. The minimum atomic E-state index is -0.267. The number of carbonyl (C=O) groups is 1. The van der Waals surface area contributed by atoms with Gasteiger partial charge < -0.3 is 15.4 Å². The van der Waals surface area contributed by atoms with Gasteiger partial charge in [0.15, 0.2) is 0 Å². The van der Waals surface area contributed by atoms with Crippen molar-refractivity contribution in [1.29, 1.82) is 0 Å². The van der Waals surface area contributed by atoms with Crippen molar-refractivity contribution in [1.82, 2.24) is 10.3 Å². The lowest BCUT2D eigenvalue weighted by atomic mass is 9.95. The molecule has 4 nitrogen and oxygen atoms in total. The second-order valence-electron chi connectivity index (χ2n) is 5.96. The third-order valence-corrected chi connectivity index (χ3v) is 3.49. The molecule has 0 aliphatic carbocycles. The van der Waals surface area contributed by atoms with Gasteiger partial charge in [-0.05, 0) is 18.1 Å². The minimum absolute atomic E-state index is 0.0248. The standard InChI is InChI=1S/C16H22N2O2/c1-16(2,11-19)10-18-15(20)8-7-12-9-17-14-6-4-3-5-13(12)14/h3-6,9,17,19H,7-8,10-11H2,1-2H3,(H,18,20). The van der Waals surface area contributed by atoms with Crippen LogP contribution >= 0.6 is 0 Å². The maximum Gasteiger partial charge on any atom is 0.220 e. The molecule has 0 aliphatic rings. The molecule has 2 rings (SSSR count). The van der Waals surface area contributed by atoms with Gasteiger partial charge in [0.25, 0.3) is 0 Å². The van der Waals surface area contributed by atoms with Crippen LogP contribution in [0.15, 0.2) is 30.5 Å². The summed E-state index contributed by atoms with van der Waals surface area (Å²) in [5, 5.41) is 13.2. The first-order valence-corrected chi connectivity index (χ1v) is 6.94. The van der Waals surface area contributed by atoms with Crippen LogP contribution in [0.3, 0.4) is 0 Å². The molecule has 108 valence electrons. The quantitative estimate of drug-likeness (QED) is 0.756. The number of fused-ring (bicyclic) bond motifs is 1. The van der Waals surface area contributed by atoms with E-state index in [0.29, 0.717) is 13.0 Å². The van der Waals surface area contributed by atoms with Crippen molar-refractivity contribution in [2.75, 3.05) is 13.2 Å². The normalized spacial score (nSPS) is 11.8. The Morgan fingerprint density at radius 3 is 2.85 bits per heavy atom. The minimum Gasteiger partial charge on any atom is -0.396 e. The molecular formula is C16H22N2O2. The summed E-state index contributed by atoms with van der Waals surface area (Å²) < 4.78 is 0. The molecule has 0 spiro atoms. The van der Waals surface area contributed by atoms with Crippen molar-refractivity contribution < 1.29 is 9.90 Å². The highest BCUT2D eigenvalue weighted by Gasteiger charge is 2.17. The van der Waals surface area contributed by atoms with Gasteiger partial charge in [-0.3, -0.25) is 4.79 Å². The van der Waals surface area contributed by atoms with E-state index in [9.17, 15) is 4.79 Å². The average molecular weight is 274 g/mol. The van der Waals surface area contributed by atoms with Gasteiger partial charge in [-0.2, -0.15) is 0 Å². The van der Waals surface area contributed by atoms with Crippen molar-refractivity contribution in [3.05, 3.63) is 36.0 Å². The van der Waals surface area contributed by atoms with Crippen LogP contribution in [0.1, 0.15) is 25.8 Å². The zero-order chi connectivity index (χ0) is 14.6. The fourth-order valence-corrected chi connectivity index (χ4v) is 2.07. The van der Waals surface area contributed by atoms with E-state index in [1.165, 1.54) is 5.39 Å². The third kappa shape index (κ3) is 3.61. The lowest BCUT2D eigenvalue weighted by molar-refractivity contribution is -0.121. The SMILES string of the molecule is CC(C)(CO)CNC(=O)CCc1c[nH]c2ccccc12. The van der Waals surface area contributed by atoms with E-state index in [1.54, 1.807) is 0 Å². The fraction of sp³-hybridized carbons (Fsp3) is 0.438. The molecule has 0 atom stereocenters. The first-order valence-electron chi connectivity index (χ1n) is 6.94. The summed E-state index contributed by atoms with van der Waals surface area (Å²) in [6.07, 6.45) is 3.15. The number of aliphatic hydroxyl groups excluding tert-OH is 1. The molecule has 1 amide bonds. The van der Waals surface area contributed by atoms with E-state index in [1.807, 2.05) is 38.2 Å². The lowest BCUT2D eigenvalue weighted by Crippen LogP contribution is -2.36. The predicted molar refractivity (Wildman–Crippen MR) is 80.5 cm³/mol. The predicted octanol–water partition coefficient (Wildman–Crippen LogP) is 2.24. The topological polar surface area (TPSA) is 65.1 Å². The summed E-state index contributed by atoms with van der Waals surface area (Å²) in [6, 6.07) is 8.09. The molecule has 0 bridgehead atoms. The van der Waals surface area contributed by atoms with Crippen LogP contribution in [0.5, 0.6) is 0 Å². The number of hydrogen-bond donors (Lipinski definition) is 3. The summed E-state index contributed by atoms with van der Waals surface area (Å²) in [6.45, 7) is 4.41. The van der Waals surface area contributed by atoms with Gasteiger partial charge in [-0.1, -0.05) is 32.0 Å². The highest BCUT2D eigenvalue weighted by molar-refractivity contribution is 5.84. The highest BCUT2D eigenvalue weighted by Crippen LogP contribution is 2.19. The number of H-pyrrole nitrogens is 1. The Morgan fingerprint density at radius 1 is 1.35 bits per heavy atom. The molecule has 1 aromatic carbocycles. The Labute approximate surface area is 119 Å². The average Bonchev–Trinajstić information content (AvgIpc) is 2.86. The summed E-state index contributed by atoms with van der Waals surface area (Å²) in [5.41, 5.74) is 2.00. The van der Waals surface area contributed by atoms with E-state index < -0.39 is 0 Å². The fourth-order valence-electron chi connectivity index (χ4n) is 2.07. The molecule has 3 N–H and O–H groups in total. The van der Waals surface area contributed by atoms with Crippen LogP contribution in [0.2, 0.25) is 0 Å². The number of aryl methyl sites for hydroxylation is 1. The van der Waals surface area contributed by atoms with Crippen LogP contribution in [0.4, 0.5) is 0 Å². The van der Waals surface area contributed by atoms with Gasteiger partial charge >= 0.3 is 0 Å².